The van der Waals surface area contributed by atoms with E-state index in [9.17, 15) is 0 Å². The van der Waals surface area contributed by atoms with E-state index in [1.807, 2.05) is 6.07 Å². The van der Waals surface area contributed by atoms with Crippen LogP contribution in [0.5, 0.6) is 0 Å². The molecule has 1 saturated heterocycles. The van der Waals surface area contributed by atoms with Gasteiger partial charge in [-0.25, -0.2) is 0 Å². The van der Waals surface area contributed by atoms with Gasteiger partial charge in [-0.05, 0) is 34.5 Å². The molecule has 19 heavy (non-hydrogen) atoms. The molecule has 2 rings (SSSR count). The predicted molar refractivity (Wildman–Crippen MR) is 87.6 cm³/mol. The van der Waals surface area contributed by atoms with Gasteiger partial charge in [0.15, 0.2) is 4.67 Å². The minimum absolute atomic E-state index is 0. The van der Waals surface area contributed by atoms with Gasteiger partial charge in [-0.2, -0.15) is 0 Å². The first-order valence-electron chi connectivity index (χ1n) is 6.51. The molecule has 1 aromatic rings. The van der Waals surface area contributed by atoms with E-state index in [1.165, 1.54) is 19.3 Å². The van der Waals surface area contributed by atoms with Gasteiger partial charge in [0.05, 0.1) is 6.04 Å². The van der Waals surface area contributed by atoms with Crippen LogP contribution in [0, 0.1) is 0 Å². The van der Waals surface area contributed by atoms with Gasteiger partial charge in [0.2, 0.25) is 0 Å². The maximum atomic E-state index is 5.75. The predicted octanol–water partition coefficient (Wildman–Crippen LogP) is 4.02. The van der Waals surface area contributed by atoms with Crippen LogP contribution < -0.4 is 5.32 Å². The fraction of sp³-hybridized carbons (Fsp3) is 0.692. The Morgan fingerprint density at radius 1 is 1.32 bits per heavy atom. The number of unbranched alkanes of at least 4 members (excludes halogenated alkanes) is 1. The molecule has 0 aliphatic carbocycles. The summed E-state index contributed by atoms with van der Waals surface area (Å²) in [6, 6.07) is 4.55. The maximum Gasteiger partial charge on any atom is 0.169 e. The molecular weight excluding hydrogens is 351 g/mol. The molecule has 0 spiro atoms. The molecule has 0 radical (unpaired) electrons. The standard InChI is InChI=1S/C13H21BrN2O.2ClH/c1-2-3-4-11(12-5-6-13(14)17-12)16-9-7-15-8-10-16;;/h5-6,11,15H,2-4,7-10H2,1H3;2*1H/t11-;;/m0../s1. The summed E-state index contributed by atoms with van der Waals surface area (Å²) in [6.45, 7) is 6.65. The summed E-state index contributed by atoms with van der Waals surface area (Å²) >= 11 is 3.40. The minimum Gasteiger partial charge on any atom is -0.453 e. The number of piperazine rings is 1. The lowest BCUT2D eigenvalue weighted by molar-refractivity contribution is 0.143. The zero-order valence-corrected chi connectivity index (χ0v) is 14.5. The average Bonchev–Trinajstić information content (AvgIpc) is 2.78. The number of nitrogens with zero attached hydrogens (tertiary/aromatic N) is 1. The van der Waals surface area contributed by atoms with Crippen molar-refractivity contribution in [2.75, 3.05) is 26.2 Å². The largest absolute Gasteiger partial charge is 0.453 e. The minimum atomic E-state index is 0. The molecule has 0 amide bonds. The van der Waals surface area contributed by atoms with Gasteiger partial charge in [0, 0.05) is 26.2 Å². The SMILES string of the molecule is CCCC[C@@H](c1ccc(Br)o1)N1CCNCC1.Cl.Cl. The molecule has 1 aromatic heterocycles. The lowest BCUT2D eigenvalue weighted by Crippen LogP contribution is -2.45. The van der Waals surface area contributed by atoms with Crippen LogP contribution in [-0.4, -0.2) is 31.1 Å². The highest BCUT2D eigenvalue weighted by Gasteiger charge is 2.24. The number of hydrogen-bond donors (Lipinski definition) is 1. The van der Waals surface area contributed by atoms with Gasteiger partial charge in [-0.3, -0.25) is 4.90 Å². The number of nitrogens with one attached hydrogen (secondary N) is 1. The second-order valence-corrected chi connectivity index (χ2v) is 5.37. The van der Waals surface area contributed by atoms with Crippen molar-refractivity contribution in [2.45, 2.75) is 32.2 Å². The second-order valence-electron chi connectivity index (χ2n) is 4.59. The Morgan fingerprint density at radius 2 is 2.00 bits per heavy atom. The average molecular weight is 374 g/mol. The van der Waals surface area contributed by atoms with E-state index in [-0.39, 0.29) is 24.8 Å². The number of furan rings is 1. The lowest BCUT2D eigenvalue weighted by Gasteiger charge is -2.33. The smallest absolute Gasteiger partial charge is 0.169 e. The normalized spacial score (nSPS) is 17.4. The molecular formula is C13H23BrCl2N2O. The van der Waals surface area contributed by atoms with E-state index >= 15 is 0 Å². The molecule has 3 nitrogen and oxygen atoms in total. The molecule has 112 valence electrons. The van der Waals surface area contributed by atoms with E-state index in [4.69, 9.17) is 4.42 Å². The van der Waals surface area contributed by atoms with Gasteiger partial charge in [0.25, 0.3) is 0 Å². The molecule has 0 saturated carbocycles. The van der Waals surface area contributed by atoms with E-state index in [0.29, 0.717) is 6.04 Å². The highest BCUT2D eigenvalue weighted by Crippen LogP contribution is 2.29. The Kier molecular flexibility index (Phi) is 10.2. The van der Waals surface area contributed by atoms with Crippen molar-refractivity contribution in [3.8, 4) is 0 Å². The van der Waals surface area contributed by atoms with Crippen molar-refractivity contribution < 1.29 is 4.42 Å². The first-order valence-corrected chi connectivity index (χ1v) is 7.30. The van der Waals surface area contributed by atoms with Gasteiger partial charge < -0.3 is 9.73 Å². The summed E-state index contributed by atoms with van der Waals surface area (Å²) in [5, 5.41) is 3.40. The Balaban J connectivity index is 0.00000162. The Bertz CT molecular complexity index is 343. The van der Waals surface area contributed by atoms with Crippen molar-refractivity contribution in [3.05, 3.63) is 22.6 Å². The van der Waals surface area contributed by atoms with E-state index in [0.717, 1.165) is 36.6 Å². The summed E-state index contributed by atoms with van der Waals surface area (Å²) in [6.07, 6.45) is 3.69. The highest BCUT2D eigenvalue weighted by atomic mass is 79.9. The third-order valence-electron chi connectivity index (χ3n) is 3.35. The molecule has 0 unspecified atom stereocenters. The maximum absolute atomic E-state index is 5.75. The van der Waals surface area contributed by atoms with Gasteiger partial charge in [0.1, 0.15) is 5.76 Å². The Morgan fingerprint density at radius 3 is 2.53 bits per heavy atom. The molecule has 6 heteroatoms. The van der Waals surface area contributed by atoms with Crippen molar-refractivity contribution in [3.63, 3.8) is 0 Å². The van der Waals surface area contributed by atoms with Crippen LogP contribution in [0.2, 0.25) is 0 Å². The van der Waals surface area contributed by atoms with Crippen LogP contribution in [-0.2, 0) is 0 Å². The molecule has 0 bridgehead atoms. The highest BCUT2D eigenvalue weighted by molar-refractivity contribution is 9.10. The van der Waals surface area contributed by atoms with Crippen molar-refractivity contribution >= 4 is 40.7 Å². The monoisotopic (exact) mass is 372 g/mol. The quantitative estimate of drug-likeness (QED) is 0.844. The third-order valence-corrected chi connectivity index (χ3v) is 3.77. The Labute approximate surface area is 136 Å². The van der Waals surface area contributed by atoms with Crippen LogP contribution in [0.25, 0.3) is 0 Å². The zero-order chi connectivity index (χ0) is 12.1. The molecule has 1 aliphatic heterocycles. The number of hydrogen-bond acceptors (Lipinski definition) is 3. The number of rotatable bonds is 5. The summed E-state index contributed by atoms with van der Waals surface area (Å²) < 4.78 is 6.59. The molecule has 1 N–H and O–H groups in total. The van der Waals surface area contributed by atoms with Gasteiger partial charge in [-0.1, -0.05) is 19.8 Å². The van der Waals surface area contributed by atoms with Gasteiger partial charge in [-0.15, -0.1) is 24.8 Å². The van der Waals surface area contributed by atoms with Crippen LogP contribution in [0.3, 0.4) is 0 Å². The summed E-state index contributed by atoms with van der Waals surface area (Å²) in [7, 11) is 0. The number of halogens is 3. The third kappa shape index (κ3) is 5.64. The molecule has 2 heterocycles. The fourth-order valence-electron chi connectivity index (χ4n) is 2.40. The van der Waals surface area contributed by atoms with Gasteiger partial charge >= 0.3 is 0 Å². The molecule has 1 fully saturated rings. The second kappa shape index (κ2) is 10.1. The summed E-state index contributed by atoms with van der Waals surface area (Å²) in [5.74, 6) is 1.10. The van der Waals surface area contributed by atoms with E-state index in [2.05, 4.69) is 39.1 Å². The fourth-order valence-corrected chi connectivity index (χ4v) is 2.72. The molecule has 0 aromatic carbocycles. The zero-order valence-electron chi connectivity index (χ0n) is 11.2. The summed E-state index contributed by atoms with van der Waals surface area (Å²) in [5.41, 5.74) is 0. The van der Waals surface area contributed by atoms with E-state index in [1.54, 1.807) is 0 Å². The first-order chi connectivity index (χ1) is 8.31. The van der Waals surface area contributed by atoms with E-state index < -0.39 is 0 Å². The van der Waals surface area contributed by atoms with Crippen LogP contribution >= 0.6 is 40.7 Å². The van der Waals surface area contributed by atoms with Crippen LogP contribution in [0.1, 0.15) is 38.0 Å². The van der Waals surface area contributed by atoms with Crippen LogP contribution in [0.15, 0.2) is 21.2 Å². The lowest BCUT2D eigenvalue weighted by atomic mass is 10.0. The topological polar surface area (TPSA) is 28.4 Å². The van der Waals surface area contributed by atoms with Crippen molar-refractivity contribution in [2.24, 2.45) is 0 Å². The van der Waals surface area contributed by atoms with Crippen LogP contribution in [0.4, 0.5) is 0 Å². The molecule has 1 atom stereocenters. The first kappa shape index (κ1) is 19.3. The molecule has 1 aliphatic rings. The Hall–Kier alpha value is 0.260. The summed E-state index contributed by atoms with van der Waals surface area (Å²) in [4.78, 5) is 2.54. The van der Waals surface area contributed by atoms with Crippen molar-refractivity contribution in [1.82, 2.24) is 10.2 Å². The van der Waals surface area contributed by atoms with Crippen molar-refractivity contribution in [1.29, 1.82) is 0 Å².